The molecule has 0 bridgehead atoms. The predicted octanol–water partition coefficient (Wildman–Crippen LogP) is 1.23. The first-order valence-electron chi connectivity index (χ1n) is 6.89. The summed E-state index contributed by atoms with van der Waals surface area (Å²) >= 11 is 0. The zero-order chi connectivity index (χ0) is 15.2. The summed E-state index contributed by atoms with van der Waals surface area (Å²) in [7, 11) is 0. The monoisotopic (exact) mass is 298 g/mol. The summed E-state index contributed by atoms with van der Waals surface area (Å²) < 4.78 is 28.7. The third-order valence-corrected chi connectivity index (χ3v) is 3.16. The normalized spacial score (nSPS) is 23.4. The van der Waals surface area contributed by atoms with Gasteiger partial charge in [0, 0.05) is 0 Å². The summed E-state index contributed by atoms with van der Waals surface area (Å²) in [5.41, 5.74) is 1.02. The Hall–Kier alpha value is -1.50. The quantitative estimate of drug-likeness (QED) is 0.577. The van der Waals surface area contributed by atoms with E-state index in [4.69, 9.17) is 9.47 Å². The largest absolute Gasteiger partial charge is 0.464 e. The van der Waals surface area contributed by atoms with Crippen molar-refractivity contribution in [3.05, 3.63) is 35.9 Å². The van der Waals surface area contributed by atoms with Crippen molar-refractivity contribution in [1.29, 1.82) is 0 Å². The number of halogens is 1. The highest BCUT2D eigenvalue weighted by atomic mass is 19.1. The van der Waals surface area contributed by atoms with Gasteiger partial charge in [0.25, 0.3) is 0 Å². The lowest BCUT2D eigenvalue weighted by molar-refractivity contribution is -0.154. The van der Waals surface area contributed by atoms with Crippen LogP contribution in [0.2, 0.25) is 0 Å². The molecule has 0 spiro atoms. The van der Waals surface area contributed by atoms with Crippen LogP contribution in [0, 0.1) is 0 Å². The van der Waals surface area contributed by atoms with Crippen molar-refractivity contribution in [3.8, 4) is 0 Å². The summed E-state index contributed by atoms with van der Waals surface area (Å²) in [5.74, 6) is -1.07. The molecular weight excluding hydrogens is 279 g/mol. The van der Waals surface area contributed by atoms with Gasteiger partial charge in [0.15, 0.2) is 0 Å². The lowest BCUT2D eigenvalue weighted by Gasteiger charge is -2.12. The molecule has 0 unspecified atom stereocenters. The van der Waals surface area contributed by atoms with Crippen LogP contribution in [0.25, 0.3) is 0 Å². The average Bonchev–Trinajstić information content (AvgIpc) is 3.26. The Bertz CT molecular complexity index is 453. The van der Waals surface area contributed by atoms with Crippen molar-refractivity contribution in [1.82, 2.24) is 0 Å². The van der Waals surface area contributed by atoms with E-state index in [0.717, 1.165) is 5.56 Å². The van der Waals surface area contributed by atoms with E-state index in [2.05, 4.69) is 4.74 Å². The molecule has 6 heteroatoms. The number of hydrogen-bond donors (Lipinski definition) is 1. The van der Waals surface area contributed by atoms with Crippen molar-refractivity contribution in [2.45, 2.75) is 38.0 Å². The van der Waals surface area contributed by atoms with Crippen LogP contribution in [-0.2, 0) is 25.6 Å². The second-order valence-electron chi connectivity index (χ2n) is 4.78. The van der Waals surface area contributed by atoms with Crippen LogP contribution >= 0.6 is 0 Å². The maximum absolute atomic E-state index is 13.6. The topological polar surface area (TPSA) is 68.3 Å². The predicted molar refractivity (Wildman–Crippen MR) is 72.3 cm³/mol. The summed E-state index contributed by atoms with van der Waals surface area (Å²) in [6.45, 7) is 2.30. The molecule has 1 N–H and O–H groups in total. The molecule has 1 saturated heterocycles. The van der Waals surface area contributed by atoms with Crippen LogP contribution in [0.4, 0.5) is 4.39 Å². The van der Waals surface area contributed by atoms with Gasteiger partial charge in [-0.1, -0.05) is 30.3 Å². The average molecular weight is 298 g/mol. The zero-order valence-corrected chi connectivity index (χ0v) is 11.8. The highest BCUT2D eigenvalue weighted by Crippen LogP contribution is 2.29. The van der Waals surface area contributed by atoms with Gasteiger partial charge in [-0.2, -0.15) is 0 Å². The molecule has 1 fully saturated rings. The van der Waals surface area contributed by atoms with Gasteiger partial charge >= 0.3 is 5.97 Å². The maximum Gasteiger partial charge on any atom is 0.343 e. The molecular formula is C15H19FO5. The molecule has 1 aromatic carbocycles. The number of benzene rings is 1. The Morgan fingerprint density at radius 2 is 2.14 bits per heavy atom. The molecule has 0 amide bonds. The molecule has 0 aromatic heterocycles. The SMILES string of the molecule is CCOC(=O)[C@H](F)[C@H](O)[C@@H]1O[C@H]1COCc1ccccc1. The first kappa shape index (κ1) is 15.9. The molecule has 21 heavy (non-hydrogen) atoms. The van der Waals surface area contributed by atoms with Crippen molar-refractivity contribution >= 4 is 5.97 Å². The van der Waals surface area contributed by atoms with E-state index in [0.29, 0.717) is 6.61 Å². The number of rotatable bonds is 8. The Morgan fingerprint density at radius 3 is 2.81 bits per heavy atom. The van der Waals surface area contributed by atoms with E-state index in [1.54, 1.807) is 6.92 Å². The Balaban J connectivity index is 1.68. The van der Waals surface area contributed by atoms with Crippen LogP contribution in [0.1, 0.15) is 12.5 Å². The Labute approximate surface area is 122 Å². The number of carbonyl (C=O) groups is 1. The molecule has 2 rings (SSSR count). The molecule has 1 heterocycles. The fraction of sp³-hybridized carbons (Fsp3) is 0.533. The van der Waals surface area contributed by atoms with E-state index in [9.17, 15) is 14.3 Å². The number of ether oxygens (including phenoxy) is 3. The highest BCUT2D eigenvalue weighted by molar-refractivity contribution is 5.75. The molecule has 1 aliphatic heterocycles. The first-order valence-corrected chi connectivity index (χ1v) is 6.89. The number of hydrogen-bond acceptors (Lipinski definition) is 5. The van der Waals surface area contributed by atoms with Gasteiger partial charge < -0.3 is 19.3 Å². The van der Waals surface area contributed by atoms with Gasteiger partial charge in [-0.05, 0) is 12.5 Å². The van der Waals surface area contributed by atoms with Crippen LogP contribution in [0.5, 0.6) is 0 Å². The van der Waals surface area contributed by atoms with Crippen molar-refractivity contribution in [2.75, 3.05) is 13.2 Å². The first-order chi connectivity index (χ1) is 10.1. The minimum absolute atomic E-state index is 0.0705. The zero-order valence-electron chi connectivity index (χ0n) is 11.8. The standard InChI is InChI=1S/C15H19FO5/c1-2-20-15(18)12(16)13(17)14-11(21-14)9-19-8-10-6-4-3-5-7-10/h3-7,11-14,17H,2,8-9H2,1H3/t11-,12+,13-,14+/m0/s1. The number of carbonyl (C=O) groups excluding carboxylic acids is 1. The summed E-state index contributed by atoms with van der Waals surface area (Å²) in [6, 6.07) is 9.59. The van der Waals surface area contributed by atoms with E-state index in [1.807, 2.05) is 30.3 Å². The smallest absolute Gasteiger partial charge is 0.343 e. The molecule has 116 valence electrons. The maximum atomic E-state index is 13.6. The van der Waals surface area contributed by atoms with E-state index in [1.165, 1.54) is 0 Å². The van der Waals surface area contributed by atoms with Gasteiger partial charge in [0.05, 0.1) is 19.8 Å². The summed E-state index contributed by atoms with van der Waals surface area (Å²) in [4.78, 5) is 11.2. The van der Waals surface area contributed by atoms with E-state index >= 15 is 0 Å². The molecule has 0 saturated carbocycles. The van der Waals surface area contributed by atoms with Crippen LogP contribution in [0.3, 0.4) is 0 Å². The number of alkyl halides is 1. The highest BCUT2D eigenvalue weighted by Gasteiger charge is 2.49. The second-order valence-corrected chi connectivity index (χ2v) is 4.78. The van der Waals surface area contributed by atoms with Crippen LogP contribution < -0.4 is 0 Å². The van der Waals surface area contributed by atoms with E-state index in [-0.39, 0.29) is 13.2 Å². The minimum atomic E-state index is -2.09. The van der Waals surface area contributed by atoms with Crippen LogP contribution in [0.15, 0.2) is 30.3 Å². The second kappa shape index (κ2) is 7.49. The molecule has 1 aromatic rings. The van der Waals surface area contributed by atoms with Gasteiger partial charge in [-0.3, -0.25) is 0 Å². The van der Waals surface area contributed by atoms with Crippen molar-refractivity contribution in [3.63, 3.8) is 0 Å². The van der Waals surface area contributed by atoms with Gasteiger partial charge in [0.1, 0.15) is 18.3 Å². The lowest BCUT2D eigenvalue weighted by atomic mass is 10.1. The van der Waals surface area contributed by atoms with Crippen LogP contribution in [-0.4, -0.2) is 48.8 Å². The molecule has 5 nitrogen and oxygen atoms in total. The lowest BCUT2D eigenvalue weighted by Crippen LogP contribution is -2.36. The number of aliphatic hydroxyl groups excluding tert-OH is 1. The minimum Gasteiger partial charge on any atom is -0.464 e. The molecule has 0 radical (unpaired) electrons. The Morgan fingerprint density at radius 1 is 1.43 bits per heavy atom. The third-order valence-electron chi connectivity index (χ3n) is 3.16. The molecule has 0 aliphatic carbocycles. The van der Waals surface area contributed by atoms with E-state index < -0.39 is 30.5 Å². The number of epoxide rings is 1. The number of esters is 1. The number of aliphatic hydroxyl groups is 1. The summed E-state index contributed by atoms with van der Waals surface area (Å²) in [6.07, 6.45) is -4.72. The summed E-state index contributed by atoms with van der Waals surface area (Å²) in [5, 5.41) is 9.68. The van der Waals surface area contributed by atoms with Gasteiger partial charge in [-0.15, -0.1) is 0 Å². The fourth-order valence-corrected chi connectivity index (χ4v) is 1.99. The van der Waals surface area contributed by atoms with Gasteiger partial charge in [0.2, 0.25) is 6.17 Å². The third kappa shape index (κ3) is 4.49. The van der Waals surface area contributed by atoms with Crippen molar-refractivity contribution < 1.29 is 28.5 Å². The molecule has 4 atom stereocenters. The van der Waals surface area contributed by atoms with Gasteiger partial charge in [-0.25, -0.2) is 9.18 Å². The molecule has 1 aliphatic rings. The Kier molecular flexibility index (Phi) is 5.67. The fourth-order valence-electron chi connectivity index (χ4n) is 1.99. The van der Waals surface area contributed by atoms with Crippen molar-refractivity contribution in [2.24, 2.45) is 0 Å².